The van der Waals surface area contributed by atoms with Crippen molar-refractivity contribution in [1.82, 2.24) is 9.88 Å². The monoisotopic (exact) mass is 351 g/mol. The largest absolute Gasteiger partial charge is 0.323 e. The van der Waals surface area contributed by atoms with Gasteiger partial charge in [0, 0.05) is 28.5 Å². The molecule has 0 saturated carbocycles. The third-order valence-corrected chi connectivity index (χ3v) is 4.99. The number of halogens is 1. The van der Waals surface area contributed by atoms with Crippen molar-refractivity contribution in [3.05, 3.63) is 71.0 Å². The summed E-state index contributed by atoms with van der Waals surface area (Å²) in [7, 11) is 1.97. The molecule has 4 rings (SSSR count). The SMILES string of the molecule is CN1CCc2ccc(Cl)cc2C1C(=O)Nc1cncc2ccccc12. The molecule has 0 saturated heterocycles. The third kappa shape index (κ3) is 2.99. The van der Waals surface area contributed by atoms with Crippen LogP contribution < -0.4 is 5.32 Å². The second kappa shape index (κ2) is 6.47. The quantitative estimate of drug-likeness (QED) is 0.757. The molecule has 0 bridgehead atoms. The predicted molar refractivity (Wildman–Crippen MR) is 101 cm³/mol. The van der Waals surface area contributed by atoms with E-state index in [-0.39, 0.29) is 11.9 Å². The lowest BCUT2D eigenvalue weighted by atomic mass is 9.92. The van der Waals surface area contributed by atoms with E-state index in [1.54, 1.807) is 12.4 Å². The minimum atomic E-state index is -0.360. The molecule has 1 N–H and O–H groups in total. The lowest BCUT2D eigenvalue weighted by Crippen LogP contribution is -2.39. The van der Waals surface area contributed by atoms with Crippen molar-refractivity contribution < 1.29 is 4.79 Å². The number of carbonyl (C=O) groups excluding carboxylic acids is 1. The zero-order valence-corrected chi connectivity index (χ0v) is 14.6. The van der Waals surface area contributed by atoms with Crippen molar-refractivity contribution in [2.45, 2.75) is 12.5 Å². The molecule has 0 aliphatic carbocycles. The van der Waals surface area contributed by atoms with Crippen molar-refractivity contribution in [2.75, 3.05) is 18.9 Å². The van der Waals surface area contributed by atoms with Gasteiger partial charge >= 0.3 is 0 Å². The number of rotatable bonds is 2. The first-order valence-electron chi connectivity index (χ1n) is 8.25. The van der Waals surface area contributed by atoms with E-state index >= 15 is 0 Å². The van der Waals surface area contributed by atoms with Crippen LogP contribution in [0.1, 0.15) is 17.2 Å². The first-order chi connectivity index (χ1) is 12.1. The summed E-state index contributed by atoms with van der Waals surface area (Å²) >= 11 is 6.17. The summed E-state index contributed by atoms with van der Waals surface area (Å²) < 4.78 is 0. The molecule has 2 heterocycles. The van der Waals surface area contributed by atoms with E-state index in [2.05, 4.69) is 15.2 Å². The molecular formula is C20H18ClN3O. The zero-order valence-electron chi connectivity index (χ0n) is 13.9. The number of amides is 1. The fraction of sp³-hybridized carbons (Fsp3) is 0.200. The molecule has 1 unspecified atom stereocenters. The number of likely N-dealkylation sites (N-methyl/N-ethyl adjacent to an activating group) is 1. The number of hydrogen-bond donors (Lipinski definition) is 1. The smallest absolute Gasteiger partial charge is 0.246 e. The number of carbonyl (C=O) groups is 1. The van der Waals surface area contributed by atoms with Crippen LogP contribution in [0.2, 0.25) is 5.02 Å². The standard InChI is InChI=1S/C20H18ClN3O/c1-24-9-8-13-6-7-15(21)10-17(13)19(24)20(25)23-18-12-22-11-14-4-2-3-5-16(14)18/h2-7,10-12,19H,8-9H2,1H3,(H,23,25). The van der Waals surface area contributed by atoms with Gasteiger partial charge in [-0.05, 0) is 36.7 Å². The topological polar surface area (TPSA) is 45.2 Å². The molecule has 0 spiro atoms. The number of fused-ring (bicyclic) bond motifs is 2. The summed E-state index contributed by atoms with van der Waals surface area (Å²) in [6.45, 7) is 0.834. The van der Waals surface area contributed by atoms with Gasteiger partial charge in [0.15, 0.2) is 0 Å². The van der Waals surface area contributed by atoms with E-state index in [1.165, 1.54) is 5.56 Å². The number of pyridine rings is 1. The molecule has 4 nitrogen and oxygen atoms in total. The Balaban J connectivity index is 1.70. The van der Waals surface area contributed by atoms with Gasteiger partial charge in [0.1, 0.15) is 6.04 Å². The number of nitrogens with zero attached hydrogens (tertiary/aromatic N) is 2. The Kier molecular flexibility index (Phi) is 4.15. The van der Waals surface area contributed by atoms with Gasteiger partial charge in [-0.2, -0.15) is 0 Å². The Morgan fingerprint density at radius 1 is 1.24 bits per heavy atom. The summed E-state index contributed by atoms with van der Waals surface area (Å²) in [6.07, 6.45) is 4.41. The van der Waals surface area contributed by atoms with Crippen LogP contribution in [0.4, 0.5) is 5.69 Å². The summed E-state index contributed by atoms with van der Waals surface area (Å²) in [4.78, 5) is 19.4. The highest BCUT2D eigenvalue weighted by molar-refractivity contribution is 6.30. The van der Waals surface area contributed by atoms with Gasteiger partial charge in [0.2, 0.25) is 5.91 Å². The fourth-order valence-electron chi connectivity index (χ4n) is 3.47. The molecular weight excluding hydrogens is 334 g/mol. The van der Waals surface area contributed by atoms with Crippen LogP contribution in [0.25, 0.3) is 10.8 Å². The molecule has 1 aromatic heterocycles. The number of aromatic nitrogens is 1. The number of benzene rings is 2. The molecule has 1 amide bonds. The number of nitrogens with one attached hydrogen (secondary N) is 1. The van der Waals surface area contributed by atoms with E-state index in [9.17, 15) is 4.79 Å². The molecule has 5 heteroatoms. The molecule has 25 heavy (non-hydrogen) atoms. The van der Waals surface area contributed by atoms with Crippen LogP contribution in [0.3, 0.4) is 0 Å². The molecule has 1 aliphatic heterocycles. The molecule has 2 aromatic carbocycles. The number of hydrogen-bond acceptors (Lipinski definition) is 3. The Hall–Kier alpha value is -2.43. The molecule has 1 aliphatic rings. The van der Waals surface area contributed by atoms with Crippen LogP contribution in [-0.4, -0.2) is 29.4 Å². The molecule has 0 fully saturated rings. The number of anilines is 1. The summed E-state index contributed by atoms with van der Waals surface area (Å²) in [5, 5.41) is 5.69. The van der Waals surface area contributed by atoms with Gasteiger partial charge in [-0.15, -0.1) is 0 Å². The molecule has 3 aromatic rings. The first-order valence-corrected chi connectivity index (χ1v) is 8.63. The van der Waals surface area contributed by atoms with Crippen LogP contribution in [-0.2, 0) is 11.2 Å². The molecule has 0 radical (unpaired) electrons. The highest BCUT2D eigenvalue weighted by atomic mass is 35.5. The van der Waals surface area contributed by atoms with Crippen LogP contribution in [0.5, 0.6) is 0 Å². The van der Waals surface area contributed by atoms with Crippen molar-refractivity contribution in [3.8, 4) is 0 Å². The lowest BCUT2D eigenvalue weighted by molar-refractivity contribution is -0.121. The van der Waals surface area contributed by atoms with Gasteiger partial charge in [-0.25, -0.2) is 0 Å². The highest BCUT2D eigenvalue weighted by Crippen LogP contribution is 2.32. The molecule has 1 atom stereocenters. The maximum Gasteiger partial charge on any atom is 0.246 e. The maximum absolute atomic E-state index is 13.1. The van der Waals surface area contributed by atoms with E-state index in [0.717, 1.165) is 35.0 Å². The summed E-state index contributed by atoms with van der Waals surface area (Å²) in [5.41, 5.74) is 2.89. The third-order valence-electron chi connectivity index (χ3n) is 4.75. The van der Waals surface area contributed by atoms with Crippen molar-refractivity contribution in [3.63, 3.8) is 0 Å². The summed E-state index contributed by atoms with van der Waals surface area (Å²) in [5.74, 6) is -0.0659. The van der Waals surface area contributed by atoms with Gasteiger partial charge in [0.25, 0.3) is 0 Å². The van der Waals surface area contributed by atoms with Crippen LogP contribution in [0.15, 0.2) is 54.9 Å². The average molecular weight is 352 g/mol. The predicted octanol–water partition coefficient (Wildman–Crippen LogP) is 4.06. The Bertz CT molecular complexity index is 951. The maximum atomic E-state index is 13.1. The van der Waals surface area contributed by atoms with Crippen molar-refractivity contribution in [2.24, 2.45) is 0 Å². The van der Waals surface area contributed by atoms with E-state index in [4.69, 9.17) is 11.6 Å². The van der Waals surface area contributed by atoms with E-state index < -0.39 is 0 Å². The van der Waals surface area contributed by atoms with Gasteiger partial charge < -0.3 is 5.32 Å². The second-order valence-electron chi connectivity index (χ2n) is 6.37. The lowest BCUT2D eigenvalue weighted by Gasteiger charge is -2.33. The van der Waals surface area contributed by atoms with Crippen LogP contribution >= 0.6 is 11.6 Å². The van der Waals surface area contributed by atoms with Crippen molar-refractivity contribution in [1.29, 1.82) is 0 Å². The van der Waals surface area contributed by atoms with E-state index in [0.29, 0.717) is 5.02 Å². The molecule has 126 valence electrons. The average Bonchev–Trinajstić information content (AvgIpc) is 2.61. The summed E-state index contributed by atoms with van der Waals surface area (Å²) in [6, 6.07) is 13.3. The van der Waals surface area contributed by atoms with Gasteiger partial charge in [-0.3, -0.25) is 14.7 Å². The first kappa shape index (κ1) is 16.1. The van der Waals surface area contributed by atoms with Gasteiger partial charge in [-0.1, -0.05) is 41.9 Å². The second-order valence-corrected chi connectivity index (χ2v) is 6.81. The zero-order chi connectivity index (χ0) is 17.4. The van der Waals surface area contributed by atoms with Crippen molar-refractivity contribution >= 4 is 34.0 Å². The van der Waals surface area contributed by atoms with Gasteiger partial charge in [0.05, 0.1) is 11.9 Å². The Morgan fingerprint density at radius 3 is 2.96 bits per heavy atom. The minimum Gasteiger partial charge on any atom is -0.323 e. The Labute approximate surface area is 151 Å². The highest BCUT2D eigenvalue weighted by Gasteiger charge is 2.31. The van der Waals surface area contributed by atoms with Crippen LogP contribution in [0, 0.1) is 0 Å². The van der Waals surface area contributed by atoms with E-state index in [1.807, 2.05) is 49.5 Å². The Morgan fingerprint density at radius 2 is 2.08 bits per heavy atom. The minimum absolute atomic E-state index is 0.0659. The normalized spacial score (nSPS) is 17.3. The fourth-order valence-corrected chi connectivity index (χ4v) is 3.65.